The maximum Gasteiger partial charge on any atom is 0.241 e. The van der Waals surface area contributed by atoms with Crippen LogP contribution in [0.1, 0.15) is 5.56 Å². The van der Waals surface area contributed by atoms with Crippen molar-refractivity contribution in [2.24, 2.45) is 0 Å². The van der Waals surface area contributed by atoms with Gasteiger partial charge in [-0.25, -0.2) is 13.1 Å². The lowest BCUT2D eigenvalue weighted by Crippen LogP contribution is -2.19. The molecule has 0 atom stereocenters. The molecule has 0 fully saturated rings. The maximum absolute atomic E-state index is 11.6. The first-order chi connectivity index (χ1) is 7.01. The molecule has 2 N–H and O–H groups in total. The monoisotopic (exact) mass is 248 g/mol. The third kappa shape index (κ3) is 2.92. The van der Waals surface area contributed by atoms with Crippen LogP contribution in [0.4, 0.5) is 0 Å². The molecule has 15 heavy (non-hydrogen) atoms. The Morgan fingerprint density at radius 1 is 1.33 bits per heavy atom. The number of benzene rings is 1. The van der Waals surface area contributed by atoms with E-state index in [0.717, 1.165) is 5.56 Å². The molecule has 1 rings (SSSR count). The standard InChI is InChI=1S/C9H13ClN2O2S/c1-11-6-7-3-4-8(10)9(5-7)15(13,14)12-2/h3-5,11-12H,6H2,1-2H3. The Hall–Kier alpha value is -0.620. The fourth-order valence-corrected chi connectivity index (χ4v) is 2.45. The van der Waals surface area contributed by atoms with E-state index in [1.807, 2.05) is 0 Å². The highest BCUT2D eigenvalue weighted by molar-refractivity contribution is 7.89. The van der Waals surface area contributed by atoms with Crippen molar-refractivity contribution in [3.05, 3.63) is 28.8 Å². The van der Waals surface area contributed by atoms with Crippen LogP contribution in [0.25, 0.3) is 0 Å². The van der Waals surface area contributed by atoms with Crippen LogP contribution in [-0.2, 0) is 16.6 Å². The Kier molecular flexibility index (Phi) is 4.10. The Morgan fingerprint density at radius 3 is 2.53 bits per heavy atom. The summed E-state index contributed by atoms with van der Waals surface area (Å²) in [7, 11) is -0.329. The molecular weight excluding hydrogens is 236 g/mol. The van der Waals surface area contributed by atoms with E-state index in [4.69, 9.17) is 11.6 Å². The molecule has 4 nitrogen and oxygen atoms in total. The summed E-state index contributed by atoms with van der Waals surface area (Å²) in [5.41, 5.74) is 0.871. The van der Waals surface area contributed by atoms with Gasteiger partial charge in [0, 0.05) is 6.54 Å². The van der Waals surface area contributed by atoms with Crippen LogP contribution in [0.3, 0.4) is 0 Å². The molecule has 0 bridgehead atoms. The molecule has 6 heteroatoms. The molecule has 0 aliphatic rings. The van der Waals surface area contributed by atoms with Gasteiger partial charge in [-0.15, -0.1) is 0 Å². The zero-order chi connectivity index (χ0) is 11.5. The minimum absolute atomic E-state index is 0.111. The first-order valence-electron chi connectivity index (χ1n) is 4.38. The summed E-state index contributed by atoms with van der Waals surface area (Å²) in [6, 6.07) is 4.93. The summed E-state index contributed by atoms with van der Waals surface area (Å²) >= 11 is 5.82. The first-order valence-corrected chi connectivity index (χ1v) is 6.24. The van der Waals surface area contributed by atoms with Crippen LogP contribution in [0.15, 0.2) is 23.1 Å². The highest BCUT2D eigenvalue weighted by Gasteiger charge is 2.15. The zero-order valence-corrected chi connectivity index (χ0v) is 10.1. The molecule has 0 aromatic heterocycles. The smallest absolute Gasteiger partial charge is 0.241 e. The van der Waals surface area contributed by atoms with Gasteiger partial charge in [-0.2, -0.15) is 0 Å². The third-order valence-electron chi connectivity index (χ3n) is 1.93. The Morgan fingerprint density at radius 2 is 2.00 bits per heavy atom. The van der Waals surface area contributed by atoms with Crippen LogP contribution < -0.4 is 10.0 Å². The number of hydrogen-bond acceptors (Lipinski definition) is 3. The fraction of sp³-hybridized carbons (Fsp3) is 0.333. The Bertz CT molecular complexity index is 445. The summed E-state index contributed by atoms with van der Waals surface area (Å²) in [6.45, 7) is 0.601. The fourth-order valence-electron chi connectivity index (χ4n) is 1.18. The second-order valence-corrected chi connectivity index (χ2v) is 5.26. The van der Waals surface area contributed by atoms with E-state index in [1.165, 1.54) is 7.05 Å². The van der Waals surface area contributed by atoms with Crippen LogP contribution in [0, 0.1) is 0 Å². The minimum Gasteiger partial charge on any atom is -0.316 e. The van der Waals surface area contributed by atoms with Crippen molar-refractivity contribution < 1.29 is 8.42 Å². The van der Waals surface area contributed by atoms with Gasteiger partial charge >= 0.3 is 0 Å². The Balaban J connectivity index is 3.23. The van der Waals surface area contributed by atoms with Gasteiger partial charge in [-0.3, -0.25) is 0 Å². The molecule has 0 saturated carbocycles. The Labute approximate surface area is 94.7 Å². The van der Waals surface area contributed by atoms with Gasteiger partial charge in [0.2, 0.25) is 10.0 Å². The first kappa shape index (κ1) is 12.4. The topological polar surface area (TPSA) is 58.2 Å². The number of nitrogens with one attached hydrogen (secondary N) is 2. The van der Waals surface area contributed by atoms with Gasteiger partial charge < -0.3 is 5.32 Å². The summed E-state index contributed by atoms with van der Waals surface area (Å²) in [6.07, 6.45) is 0. The van der Waals surface area contributed by atoms with E-state index in [1.54, 1.807) is 25.2 Å². The zero-order valence-electron chi connectivity index (χ0n) is 8.54. The molecule has 84 valence electrons. The van der Waals surface area contributed by atoms with Gasteiger partial charge in [0.1, 0.15) is 4.90 Å². The number of sulfonamides is 1. The van der Waals surface area contributed by atoms with Crippen LogP contribution in [0.5, 0.6) is 0 Å². The quantitative estimate of drug-likeness (QED) is 0.835. The molecule has 1 aromatic carbocycles. The lowest BCUT2D eigenvalue weighted by Gasteiger charge is -2.07. The second-order valence-electron chi connectivity index (χ2n) is 3.00. The van der Waals surface area contributed by atoms with Crippen LogP contribution in [-0.4, -0.2) is 22.5 Å². The summed E-state index contributed by atoms with van der Waals surface area (Å²) in [4.78, 5) is 0.111. The SMILES string of the molecule is CNCc1ccc(Cl)c(S(=O)(=O)NC)c1. The molecular formula is C9H13ClN2O2S. The van der Waals surface area contributed by atoms with Crippen molar-refractivity contribution in [3.63, 3.8) is 0 Å². The molecule has 1 aromatic rings. The van der Waals surface area contributed by atoms with Crippen molar-refractivity contribution in [2.45, 2.75) is 11.4 Å². The van der Waals surface area contributed by atoms with Crippen molar-refractivity contribution in [1.29, 1.82) is 0 Å². The van der Waals surface area contributed by atoms with Gasteiger partial charge in [-0.1, -0.05) is 17.7 Å². The second kappa shape index (κ2) is 4.94. The van der Waals surface area contributed by atoms with Crippen LogP contribution >= 0.6 is 11.6 Å². The third-order valence-corrected chi connectivity index (χ3v) is 3.83. The predicted molar refractivity (Wildman–Crippen MR) is 60.5 cm³/mol. The number of halogens is 1. The normalized spacial score (nSPS) is 11.7. The lowest BCUT2D eigenvalue weighted by atomic mass is 10.2. The molecule has 0 amide bonds. The molecule has 0 aliphatic carbocycles. The molecule has 0 spiro atoms. The van der Waals surface area contributed by atoms with E-state index in [-0.39, 0.29) is 9.92 Å². The van der Waals surface area contributed by atoms with Crippen molar-refractivity contribution >= 4 is 21.6 Å². The van der Waals surface area contributed by atoms with E-state index in [0.29, 0.717) is 6.54 Å². The highest BCUT2D eigenvalue weighted by atomic mass is 35.5. The van der Waals surface area contributed by atoms with E-state index in [2.05, 4.69) is 10.0 Å². The summed E-state index contributed by atoms with van der Waals surface area (Å²) in [5, 5.41) is 3.17. The largest absolute Gasteiger partial charge is 0.316 e. The van der Waals surface area contributed by atoms with Gasteiger partial charge in [0.25, 0.3) is 0 Å². The minimum atomic E-state index is -3.48. The molecule has 0 saturated heterocycles. The van der Waals surface area contributed by atoms with E-state index in [9.17, 15) is 8.42 Å². The number of rotatable bonds is 4. The maximum atomic E-state index is 11.6. The molecule has 0 heterocycles. The van der Waals surface area contributed by atoms with E-state index < -0.39 is 10.0 Å². The van der Waals surface area contributed by atoms with E-state index >= 15 is 0 Å². The highest BCUT2D eigenvalue weighted by Crippen LogP contribution is 2.22. The van der Waals surface area contributed by atoms with Gasteiger partial charge in [0.05, 0.1) is 5.02 Å². The van der Waals surface area contributed by atoms with Crippen molar-refractivity contribution in [1.82, 2.24) is 10.0 Å². The van der Waals surface area contributed by atoms with Gasteiger partial charge in [0.15, 0.2) is 0 Å². The van der Waals surface area contributed by atoms with Gasteiger partial charge in [-0.05, 0) is 31.8 Å². The molecule has 0 radical (unpaired) electrons. The van der Waals surface area contributed by atoms with Crippen LogP contribution in [0.2, 0.25) is 5.02 Å². The molecule has 0 aliphatic heterocycles. The summed E-state index contributed by atoms with van der Waals surface area (Å²) < 4.78 is 25.4. The average molecular weight is 249 g/mol. The lowest BCUT2D eigenvalue weighted by molar-refractivity contribution is 0.588. The van der Waals surface area contributed by atoms with Crippen molar-refractivity contribution in [3.8, 4) is 0 Å². The predicted octanol–water partition coefficient (Wildman–Crippen LogP) is 0.968. The summed E-state index contributed by atoms with van der Waals surface area (Å²) in [5.74, 6) is 0. The number of hydrogen-bond donors (Lipinski definition) is 2. The average Bonchev–Trinajstić information content (AvgIpc) is 2.21. The van der Waals surface area contributed by atoms with Crippen molar-refractivity contribution in [2.75, 3.05) is 14.1 Å². The molecule has 0 unspecified atom stereocenters.